The molecule has 0 aliphatic carbocycles. The van der Waals surface area contributed by atoms with E-state index in [1.165, 1.54) is 0 Å². The SMILES string of the molecule is CN(Cc1cccc(C#N)c1)C(=O)c1cncn1C. The van der Waals surface area contributed by atoms with Crippen LogP contribution in [0.25, 0.3) is 0 Å². The third-order valence-corrected chi connectivity index (χ3v) is 2.86. The van der Waals surface area contributed by atoms with Crippen LogP contribution < -0.4 is 0 Å². The average molecular weight is 254 g/mol. The molecule has 0 radical (unpaired) electrons. The quantitative estimate of drug-likeness (QED) is 0.835. The molecule has 2 rings (SSSR count). The van der Waals surface area contributed by atoms with Crippen molar-refractivity contribution in [3.05, 3.63) is 53.6 Å². The van der Waals surface area contributed by atoms with Crippen molar-refractivity contribution >= 4 is 5.91 Å². The maximum absolute atomic E-state index is 12.2. The zero-order valence-electron chi connectivity index (χ0n) is 10.9. The lowest BCUT2D eigenvalue weighted by molar-refractivity contribution is 0.0775. The number of carbonyl (C=O) groups excluding carboxylic acids is 1. The summed E-state index contributed by atoms with van der Waals surface area (Å²) in [4.78, 5) is 17.7. The number of nitriles is 1. The number of aromatic nitrogens is 2. The zero-order chi connectivity index (χ0) is 13.8. The van der Waals surface area contributed by atoms with E-state index in [1.807, 2.05) is 12.1 Å². The summed E-state index contributed by atoms with van der Waals surface area (Å²) in [6.07, 6.45) is 3.14. The number of hydrogen-bond donors (Lipinski definition) is 0. The van der Waals surface area contributed by atoms with E-state index in [0.29, 0.717) is 17.8 Å². The summed E-state index contributed by atoms with van der Waals surface area (Å²) >= 11 is 0. The Morgan fingerprint density at radius 2 is 2.32 bits per heavy atom. The average Bonchev–Trinajstić information content (AvgIpc) is 2.84. The lowest BCUT2D eigenvalue weighted by atomic mass is 10.1. The lowest BCUT2D eigenvalue weighted by Crippen LogP contribution is -2.27. The fourth-order valence-electron chi connectivity index (χ4n) is 1.84. The summed E-state index contributed by atoms with van der Waals surface area (Å²) in [5, 5.41) is 8.85. The van der Waals surface area contributed by atoms with Gasteiger partial charge in [-0.25, -0.2) is 4.98 Å². The Labute approximate surface area is 111 Å². The molecule has 96 valence electrons. The molecule has 0 atom stereocenters. The smallest absolute Gasteiger partial charge is 0.272 e. The normalized spacial score (nSPS) is 9.95. The van der Waals surface area contributed by atoms with Crippen LogP contribution in [0.3, 0.4) is 0 Å². The van der Waals surface area contributed by atoms with Gasteiger partial charge in [0, 0.05) is 20.6 Å². The standard InChI is InChI=1S/C14H14N4O/c1-17(14(19)13-8-16-10-18(13)2)9-12-5-3-4-11(6-12)7-15/h3-6,8,10H,9H2,1-2H3. The minimum atomic E-state index is -0.0950. The number of nitrogens with zero attached hydrogens (tertiary/aromatic N) is 4. The van der Waals surface area contributed by atoms with E-state index in [0.717, 1.165) is 5.56 Å². The van der Waals surface area contributed by atoms with Crippen LogP contribution in [0.1, 0.15) is 21.6 Å². The summed E-state index contributed by atoms with van der Waals surface area (Å²) < 4.78 is 1.69. The van der Waals surface area contributed by atoms with Gasteiger partial charge in [0.1, 0.15) is 5.69 Å². The van der Waals surface area contributed by atoms with Crippen molar-refractivity contribution in [1.29, 1.82) is 5.26 Å². The van der Waals surface area contributed by atoms with Gasteiger partial charge < -0.3 is 9.47 Å². The first-order valence-electron chi connectivity index (χ1n) is 5.82. The predicted octanol–water partition coefficient (Wildman–Crippen LogP) is 1.56. The first-order valence-corrected chi connectivity index (χ1v) is 5.82. The first kappa shape index (κ1) is 12.8. The van der Waals surface area contributed by atoms with Crippen molar-refractivity contribution in [2.24, 2.45) is 7.05 Å². The van der Waals surface area contributed by atoms with E-state index < -0.39 is 0 Å². The van der Waals surface area contributed by atoms with Crippen molar-refractivity contribution in [2.75, 3.05) is 7.05 Å². The molecule has 0 spiro atoms. The number of rotatable bonds is 3. The molecular weight excluding hydrogens is 240 g/mol. The number of hydrogen-bond acceptors (Lipinski definition) is 3. The van der Waals surface area contributed by atoms with Gasteiger partial charge in [0.25, 0.3) is 5.91 Å². The fraction of sp³-hybridized carbons (Fsp3) is 0.214. The molecule has 1 aromatic heterocycles. The van der Waals surface area contributed by atoms with Crippen LogP contribution in [0.15, 0.2) is 36.8 Å². The van der Waals surface area contributed by atoms with E-state index in [-0.39, 0.29) is 5.91 Å². The monoisotopic (exact) mass is 254 g/mol. The minimum Gasteiger partial charge on any atom is -0.336 e. The largest absolute Gasteiger partial charge is 0.336 e. The highest BCUT2D eigenvalue weighted by Gasteiger charge is 2.15. The Kier molecular flexibility index (Phi) is 3.62. The third kappa shape index (κ3) is 2.80. The Balaban J connectivity index is 2.13. The van der Waals surface area contributed by atoms with Crippen molar-refractivity contribution in [3.8, 4) is 6.07 Å². The van der Waals surface area contributed by atoms with Crippen LogP contribution in [0.2, 0.25) is 0 Å². The van der Waals surface area contributed by atoms with Crippen molar-refractivity contribution in [2.45, 2.75) is 6.54 Å². The van der Waals surface area contributed by atoms with E-state index in [9.17, 15) is 4.79 Å². The summed E-state index contributed by atoms with van der Waals surface area (Å²) in [5.41, 5.74) is 2.06. The second-order valence-corrected chi connectivity index (χ2v) is 4.36. The van der Waals surface area contributed by atoms with E-state index in [4.69, 9.17) is 5.26 Å². The second kappa shape index (κ2) is 5.36. The van der Waals surface area contributed by atoms with Crippen LogP contribution in [-0.2, 0) is 13.6 Å². The number of amides is 1. The van der Waals surface area contributed by atoms with Gasteiger partial charge in [0.15, 0.2) is 0 Å². The van der Waals surface area contributed by atoms with Gasteiger partial charge in [-0.15, -0.1) is 0 Å². The highest BCUT2D eigenvalue weighted by Crippen LogP contribution is 2.09. The number of benzene rings is 1. The molecule has 0 saturated heterocycles. The van der Waals surface area contributed by atoms with Gasteiger partial charge >= 0.3 is 0 Å². The molecule has 0 aliphatic heterocycles. The molecule has 0 aliphatic rings. The maximum Gasteiger partial charge on any atom is 0.272 e. The van der Waals surface area contributed by atoms with Gasteiger partial charge in [-0.3, -0.25) is 4.79 Å². The van der Waals surface area contributed by atoms with Gasteiger partial charge in [-0.1, -0.05) is 12.1 Å². The van der Waals surface area contributed by atoms with E-state index in [2.05, 4.69) is 11.1 Å². The Morgan fingerprint density at radius 1 is 1.53 bits per heavy atom. The summed E-state index contributed by atoms with van der Waals surface area (Å²) in [7, 11) is 3.51. The van der Waals surface area contributed by atoms with Crippen molar-refractivity contribution < 1.29 is 4.79 Å². The zero-order valence-corrected chi connectivity index (χ0v) is 10.9. The highest BCUT2D eigenvalue weighted by molar-refractivity contribution is 5.92. The van der Waals surface area contributed by atoms with Crippen LogP contribution in [0.5, 0.6) is 0 Å². The van der Waals surface area contributed by atoms with Crippen LogP contribution in [0, 0.1) is 11.3 Å². The molecule has 0 bridgehead atoms. The molecule has 2 aromatic rings. The van der Waals surface area contributed by atoms with Crippen molar-refractivity contribution in [3.63, 3.8) is 0 Å². The number of imidazole rings is 1. The molecule has 5 heteroatoms. The fourth-order valence-corrected chi connectivity index (χ4v) is 1.84. The van der Waals surface area contributed by atoms with Crippen LogP contribution >= 0.6 is 0 Å². The Bertz CT molecular complexity index is 639. The topological polar surface area (TPSA) is 61.9 Å². The molecule has 0 saturated carbocycles. The number of carbonyl (C=O) groups is 1. The second-order valence-electron chi connectivity index (χ2n) is 4.36. The molecule has 1 aromatic carbocycles. The van der Waals surface area contributed by atoms with E-state index in [1.54, 1.807) is 48.2 Å². The molecular formula is C14H14N4O. The van der Waals surface area contributed by atoms with Gasteiger partial charge in [-0.05, 0) is 17.7 Å². The maximum atomic E-state index is 12.2. The lowest BCUT2D eigenvalue weighted by Gasteiger charge is -2.17. The summed E-state index contributed by atoms with van der Waals surface area (Å²) in [6, 6.07) is 9.33. The summed E-state index contributed by atoms with van der Waals surface area (Å²) in [5.74, 6) is -0.0950. The van der Waals surface area contributed by atoms with Gasteiger partial charge in [0.05, 0.1) is 24.2 Å². The van der Waals surface area contributed by atoms with Crippen molar-refractivity contribution in [1.82, 2.24) is 14.5 Å². The molecule has 5 nitrogen and oxygen atoms in total. The van der Waals surface area contributed by atoms with Crippen LogP contribution in [0.4, 0.5) is 0 Å². The third-order valence-electron chi connectivity index (χ3n) is 2.86. The molecule has 1 amide bonds. The molecule has 0 fully saturated rings. The molecule has 19 heavy (non-hydrogen) atoms. The summed E-state index contributed by atoms with van der Waals surface area (Å²) in [6.45, 7) is 0.458. The highest BCUT2D eigenvalue weighted by atomic mass is 16.2. The predicted molar refractivity (Wildman–Crippen MR) is 70.2 cm³/mol. The molecule has 0 unspecified atom stereocenters. The van der Waals surface area contributed by atoms with Crippen LogP contribution in [-0.4, -0.2) is 27.4 Å². The van der Waals surface area contributed by atoms with Gasteiger partial charge in [-0.2, -0.15) is 5.26 Å². The van der Waals surface area contributed by atoms with E-state index >= 15 is 0 Å². The Hall–Kier alpha value is -2.61. The Morgan fingerprint density at radius 3 is 2.95 bits per heavy atom. The van der Waals surface area contributed by atoms with Gasteiger partial charge in [0.2, 0.25) is 0 Å². The number of aryl methyl sites for hydroxylation is 1. The molecule has 0 N–H and O–H groups in total. The molecule has 1 heterocycles. The first-order chi connectivity index (χ1) is 9.11. The minimum absolute atomic E-state index is 0.0950.